The molecule has 146 valence electrons. The van der Waals surface area contributed by atoms with Crippen LogP contribution in [0.25, 0.3) is 11.1 Å². The van der Waals surface area contributed by atoms with Crippen LogP contribution in [0, 0.1) is 27.7 Å². The molecule has 0 aliphatic carbocycles. The van der Waals surface area contributed by atoms with E-state index in [1.54, 1.807) is 17.8 Å². The fraction of sp³-hybridized carbons (Fsp3) is 0.292. The van der Waals surface area contributed by atoms with Crippen LogP contribution in [-0.4, -0.2) is 10.9 Å². The van der Waals surface area contributed by atoms with E-state index in [1.807, 2.05) is 39.8 Å². The van der Waals surface area contributed by atoms with Gasteiger partial charge in [-0.1, -0.05) is 42.3 Å². The second-order valence-corrected chi connectivity index (χ2v) is 8.59. The summed E-state index contributed by atoms with van der Waals surface area (Å²) in [7, 11) is 0. The van der Waals surface area contributed by atoms with Crippen molar-refractivity contribution in [1.82, 2.24) is 0 Å². The van der Waals surface area contributed by atoms with E-state index in [-0.39, 0.29) is 17.2 Å². The molecule has 3 rings (SSSR count). The molecule has 0 radical (unpaired) electrons. The van der Waals surface area contributed by atoms with E-state index >= 15 is 0 Å². The Labute approximate surface area is 170 Å². The molecule has 4 heteroatoms. The average molecular weight is 395 g/mol. The zero-order chi connectivity index (χ0) is 20.4. The van der Waals surface area contributed by atoms with Crippen molar-refractivity contribution < 1.29 is 9.52 Å². The van der Waals surface area contributed by atoms with Gasteiger partial charge in [-0.2, -0.15) is 0 Å². The van der Waals surface area contributed by atoms with Gasteiger partial charge in [-0.25, -0.2) is 4.79 Å². The van der Waals surface area contributed by atoms with Crippen LogP contribution in [-0.2, 0) is 0 Å². The van der Waals surface area contributed by atoms with Gasteiger partial charge in [-0.3, -0.25) is 0 Å². The number of hydrogen-bond acceptors (Lipinski definition) is 4. The lowest BCUT2D eigenvalue weighted by Crippen LogP contribution is -2.09. The summed E-state index contributed by atoms with van der Waals surface area (Å²) in [6.45, 7) is 9.98. The Morgan fingerprint density at radius 1 is 0.929 bits per heavy atom. The van der Waals surface area contributed by atoms with Gasteiger partial charge in [-0.05, 0) is 56.5 Å². The Kier molecular flexibility index (Phi) is 5.99. The third kappa shape index (κ3) is 4.33. The first-order chi connectivity index (χ1) is 13.3. The van der Waals surface area contributed by atoms with Gasteiger partial charge in [0.25, 0.3) is 0 Å². The van der Waals surface area contributed by atoms with Crippen molar-refractivity contribution in [2.75, 3.05) is 5.75 Å². The van der Waals surface area contributed by atoms with Gasteiger partial charge in [0, 0.05) is 22.6 Å². The van der Waals surface area contributed by atoms with Crippen molar-refractivity contribution in [3.63, 3.8) is 0 Å². The number of thioether (sulfide) groups is 1. The van der Waals surface area contributed by atoms with Crippen molar-refractivity contribution in [2.24, 2.45) is 0 Å². The molecule has 2 aromatic carbocycles. The molecule has 1 unspecified atom stereocenters. The fourth-order valence-electron chi connectivity index (χ4n) is 3.48. The molecule has 0 amide bonds. The van der Waals surface area contributed by atoms with Crippen LogP contribution in [0.3, 0.4) is 0 Å². The zero-order valence-electron chi connectivity index (χ0n) is 17.0. The minimum absolute atomic E-state index is 0.000773. The molecule has 0 spiro atoms. The Balaban J connectivity index is 1.87. The van der Waals surface area contributed by atoms with Crippen molar-refractivity contribution in [3.05, 3.63) is 80.9 Å². The molecule has 1 atom stereocenters. The Morgan fingerprint density at radius 2 is 1.54 bits per heavy atom. The lowest BCUT2D eigenvalue weighted by Gasteiger charge is -2.15. The number of aryl methyl sites for hydroxylation is 4. The highest BCUT2D eigenvalue weighted by Gasteiger charge is 2.20. The monoisotopic (exact) mass is 394 g/mol. The van der Waals surface area contributed by atoms with Crippen LogP contribution in [0.1, 0.15) is 40.9 Å². The van der Waals surface area contributed by atoms with E-state index in [0.717, 1.165) is 28.0 Å². The normalized spacial score (nSPS) is 12.2. The molecule has 0 saturated carbocycles. The maximum atomic E-state index is 12.7. The molecule has 0 aliphatic rings. The molecule has 1 aromatic heterocycles. The van der Waals surface area contributed by atoms with Crippen LogP contribution in [0.4, 0.5) is 0 Å². The summed E-state index contributed by atoms with van der Waals surface area (Å²) in [6, 6.07) is 14.0. The van der Waals surface area contributed by atoms with Gasteiger partial charge in [0.2, 0.25) is 0 Å². The van der Waals surface area contributed by atoms with Crippen LogP contribution >= 0.6 is 11.8 Å². The highest BCUT2D eigenvalue weighted by atomic mass is 32.2. The zero-order valence-corrected chi connectivity index (χ0v) is 17.8. The summed E-state index contributed by atoms with van der Waals surface area (Å²) in [5, 5.41) is 10.6. The molecule has 3 aromatic rings. The van der Waals surface area contributed by atoms with E-state index in [4.69, 9.17) is 4.42 Å². The average Bonchev–Trinajstić information content (AvgIpc) is 2.62. The summed E-state index contributed by atoms with van der Waals surface area (Å²) < 4.78 is 5.62. The summed E-state index contributed by atoms with van der Waals surface area (Å²) >= 11 is 1.71. The third-order valence-electron chi connectivity index (χ3n) is 4.88. The van der Waals surface area contributed by atoms with Gasteiger partial charge >= 0.3 is 5.63 Å². The predicted octanol–water partition coefficient (Wildman–Crippen LogP) is 6.14. The molecule has 1 N–H and O–H groups in total. The van der Waals surface area contributed by atoms with E-state index in [2.05, 4.69) is 31.2 Å². The topological polar surface area (TPSA) is 50.4 Å². The van der Waals surface area contributed by atoms with Gasteiger partial charge in [-0.15, -0.1) is 11.8 Å². The molecular formula is C24H26O3S. The number of benzene rings is 2. The van der Waals surface area contributed by atoms with Gasteiger partial charge in [0.15, 0.2) is 0 Å². The Bertz CT molecular complexity index is 1030. The van der Waals surface area contributed by atoms with Crippen LogP contribution < -0.4 is 5.63 Å². The van der Waals surface area contributed by atoms with Gasteiger partial charge < -0.3 is 9.52 Å². The summed E-state index contributed by atoms with van der Waals surface area (Å²) in [4.78, 5) is 13.9. The lowest BCUT2D eigenvalue weighted by molar-refractivity contribution is 0.416. The first-order valence-corrected chi connectivity index (χ1v) is 10.4. The highest BCUT2D eigenvalue weighted by molar-refractivity contribution is 7.99. The number of aromatic hydroxyl groups is 1. The van der Waals surface area contributed by atoms with Crippen molar-refractivity contribution >= 4 is 11.8 Å². The summed E-state index contributed by atoms with van der Waals surface area (Å²) in [6.07, 6.45) is 0. The minimum Gasteiger partial charge on any atom is -0.507 e. The van der Waals surface area contributed by atoms with Crippen molar-refractivity contribution in [3.8, 4) is 16.9 Å². The van der Waals surface area contributed by atoms with Crippen LogP contribution in [0.2, 0.25) is 0 Å². The summed E-state index contributed by atoms with van der Waals surface area (Å²) in [5.41, 5.74) is 4.78. The van der Waals surface area contributed by atoms with Gasteiger partial charge in [0.05, 0.1) is 0 Å². The van der Waals surface area contributed by atoms with Crippen molar-refractivity contribution in [2.45, 2.75) is 45.4 Å². The number of rotatable bonds is 5. The SMILES string of the molecule is Cc1ccc(SCC(C)c2cc(O)c(-c3c(C)cc(C)cc3C)c(=O)o2)cc1. The quantitative estimate of drug-likeness (QED) is 0.528. The number of hydrogen-bond donors (Lipinski definition) is 1. The maximum absolute atomic E-state index is 12.7. The largest absolute Gasteiger partial charge is 0.507 e. The minimum atomic E-state index is -0.489. The standard InChI is InChI=1S/C24H26O3S/c1-14-6-8-19(9-7-14)28-13-18(5)21-12-20(25)23(24(26)27-21)22-16(3)10-15(2)11-17(22)4/h6-12,18,25H,13H2,1-5H3. The molecule has 0 fully saturated rings. The third-order valence-corrected chi connectivity index (χ3v) is 6.16. The van der Waals surface area contributed by atoms with E-state index in [0.29, 0.717) is 5.76 Å². The molecule has 28 heavy (non-hydrogen) atoms. The van der Waals surface area contributed by atoms with Crippen molar-refractivity contribution in [1.29, 1.82) is 0 Å². The van der Waals surface area contributed by atoms with E-state index < -0.39 is 5.63 Å². The fourth-order valence-corrected chi connectivity index (χ4v) is 4.42. The first-order valence-electron chi connectivity index (χ1n) is 9.41. The second kappa shape index (κ2) is 8.27. The molecule has 1 heterocycles. The van der Waals surface area contributed by atoms with Crippen LogP contribution in [0.15, 0.2) is 56.6 Å². The lowest BCUT2D eigenvalue weighted by atomic mass is 9.94. The Morgan fingerprint density at radius 3 is 2.11 bits per heavy atom. The maximum Gasteiger partial charge on any atom is 0.347 e. The first kappa shape index (κ1) is 20.3. The molecule has 3 nitrogen and oxygen atoms in total. The highest BCUT2D eigenvalue weighted by Crippen LogP contribution is 2.34. The Hall–Kier alpha value is -2.46. The van der Waals surface area contributed by atoms with Gasteiger partial charge in [0.1, 0.15) is 17.1 Å². The van der Waals surface area contributed by atoms with Crippen LogP contribution in [0.5, 0.6) is 5.75 Å². The molecule has 0 saturated heterocycles. The predicted molar refractivity (Wildman–Crippen MR) is 117 cm³/mol. The second-order valence-electron chi connectivity index (χ2n) is 7.50. The molecular weight excluding hydrogens is 368 g/mol. The molecule has 0 bridgehead atoms. The summed E-state index contributed by atoms with van der Waals surface area (Å²) in [5.74, 6) is 1.24. The van der Waals surface area contributed by atoms with E-state index in [9.17, 15) is 9.90 Å². The molecule has 0 aliphatic heterocycles. The smallest absolute Gasteiger partial charge is 0.347 e. The van der Waals surface area contributed by atoms with E-state index in [1.165, 1.54) is 10.5 Å².